The lowest BCUT2D eigenvalue weighted by Crippen LogP contribution is -2.40. The fourth-order valence-electron chi connectivity index (χ4n) is 2.43. The average Bonchev–Trinajstić information content (AvgIpc) is 2.68. The van der Waals surface area contributed by atoms with Crippen LogP contribution in [0.1, 0.15) is 44.2 Å². The minimum atomic E-state index is 0.0794. The van der Waals surface area contributed by atoms with Gasteiger partial charge in [0.1, 0.15) is 0 Å². The summed E-state index contributed by atoms with van der Waals surface area (Å²) >= 11 is 0. The Balaban J connectivity index is 1.64. The molecule has 1 saturated carbocycles. The smallest absolute Gasteiger partial charge is 0.234 e. The van der Waals surface area contributed by atoms with Gasteiger partial charge in [0, 0.05) is 18.8 Å². The lowest BCUT2D eigenvalue weighted by molar-refractivity contribution is -0.121. The van der Waals surface area contributed by atoms with Crippen molar-refractivity contribution >= 4 is 5.91 Å². The number of amides is 1. The summed E-state index contributed by atoms with van der Waals surface area (Å²) in [6.07, 6.45) is 8.96. The second-order valence-electron chi connectivity index (χ2n) is 5.07. The Morgan fingerprint density at radius 1 is 1.26 bits per heavy atom. The van der Waals surface area contributed by atoms with Crippen molar-refractivity contribution in [2.75, 3.05) is 6.54 Å². The molecule has 0 bridgehead atoms. The van der Waals surface area contributed by atoms with Gasteiger partial charge in [0.15, 0.2) is 0 Å². The van der Waals surface area contributed by atoms with Gasteiger partial charge >= 0.3 is 0 Å². The molecule has 0 atom stereocenters. The molecule has 1 fully saturated rings. The van der Waals surface area contributed by atoms with Gasteiger partial charge in [-0.1, -0.05) is 25.7 Å². The predicted octanol–water partition coefficient (Wildman–Crippen LogP) is 1.41. The highest BCUT2D eigenvalue weighted by Gasteiger charge is 2.14. The summed E-state index contributed by atoms with van der Waals surface area (Å²) in [5.41, 5.74) is 0.852. The van der Waals surface area contributed by atoms with Gasteiger partial charge in [-0.15, -0.1) is 0 Å². The number of rotatable bonds is 5. The molecule has 5 nitrogen and oxygen atoms in total. The minimum Gasteiger partial charge on any atom is -0.352 e. The Morgan fingerprint density at radius 2 is 2.05 bits per heavy atom. The van der Waals surface area contributed by atoms with Crippen LogP contribution < -0.4 is 10.6 Å². The van der Waals surface area contributed by atoms with Crippen LogP contribution in [0.15, 0.2) is 18.3 Å². The second kappa shape index (κ2) is 7.84. The molecule has 1 aliphatic rings. The van der Waals surface area contributed by atoms with Gasteiger partial charge < -0.3 is 10.6 Å². The van der Waals surface area contributed by atoms with Crippen molar-refractivity contribution in [3.8, 4) is 0 Å². The Hall–Kier alpha value is -1.49. The first-order valence-electron chi connectivity index (χ1n) is 7.11. The molecule has 0 unspecified atom stereocenters. The molecule has 0 saturated heterocycles. The molecule has 2 N–H and O–H groups in total. The third-order valence-electron chi connectivity index (χ3n) is 3.44. The van der Waals surface area contributed by atoms with E-state index in [1.807, 2.05) is 12.1 Å². The van der Waals surface area contributed by atoms with E-state index in [1.54, 1.807) is 6.20 Å². The zero-order valence-electron chi connectivity index (χ0n) is 11.3. The number of hydrogen-bond donors (Lipinski definition) is 2. The highest BCUT2D eigenvalue weighted by Crippen LogP contribution is 2.16. The number of aromatic nitrogens is 2. The van der Waals surface area contributed by atoms with E-state index in [1.165, 1.54) is 25.7 Å². The molecular formula is C14H22N4O. The van der Waals surface area contributed by atoms with Crippen LogP contribution >= 0.6 is 0 Å². The quantitative estimate of drug-likeness (QED) is 0.787. The third-order valence-corrected chi connectivity index (χ3v) is 3.44. The minimum absolute atomic E-state index is 0.0794. The maximum atomic E-state index is 11.8. The van der Waals surface area contributed by atoms with Gasteiger partial charge in [-0.25, -0.2) is 0 Å². The van der Waals surface area contributed by atoms with Crippen molar-refractivity contribution in [3.05, 3.63) is 24.0 Å². The monoisotopic (exact) mass is 262 g/mol. The first-order chi connectivity index (χ1) is 9.34. The summed E-state index contributed by atoms with van der Waals surface area (Å²) in [7, 11) is 0. The van der Waals surface area contributed by atoms with E-state index >= 15 is 0 Å². The summed E-state index contributed by atoms with van der Waals surface area (Å²) in [5, 5.41) is 14.0. The van der Waals surface area contributed by atoms with E-state index in [-0.39, 0.29) is 5.91 Å². The Labute approximate surface area is 114 Å². The van der Waals surface area contributed by atoms with Gasteiger partial charge in [0.2, 0.25) is 5.91 Å². The molecule has 5 heteroatoms. The average molecular weight is 262 g/mol. The van der Waals surface area contributed by atoms with Crippen LogP contribution in [0.25, 0.3) is 0 Å². The molecule has 1 aromatic heterocycles. The molecule has 2 rings (SSSR count). The molecule has 1 amide bonds. The van der Waals surface area contributed by atoms with Crippen LogP contribution in [0.2, 0.25) is 0 Å². The summed E-state index contributed by atoms with van der Waals surface area (Å²) in [6.45, 7) is 0.916. The Bertz CT molecular complexity index is 374. The maximum Gasteiger partial charge on any atom is 0.234 e. The van der Waals surface area contributed by atoms with Crippen LogP contribution in [0.5, 0.6) is 0 Å². The van der Waals surface area contributed by atoms with Crippen molar-refractivity contribution in [1.29, 1.82) is 0 Å². The summed E-state index contributed by atoms with van der Waals surface area (Å²) in [4.78, 5) is 11.8. The van der Waals surface area contributed by atoms with Crippen molar-refractivity contribution in [2.45, 2.75) is 51.1 Å². The third kappa shape index (κ3) is 5.34. The SMILES string of the molecule is O=C(CNCc1cccnn1)NC1CCCCCC1. The number of nitrogens with one attached hydrogen (secondary N) is 2. The maximum absolute atomic E-state index is 11.8. The zero-order chi connectivity index (χ0) is 13.3. The van der Waals surface area contributed by atoms with Gasteiger partial charge in [-0.2, -0.15) is 10.2 Å². The van der Waals surface area contributed by atoms with E-state index in [2.05, 4.69) is 20.8 Å². The molecule has 104 valence electrons. The van der Waals surface area contributed by atoms with Crippen molar-refractivity contribution < 1.29 is 4.79 Å². The molecule has 0 spiro atoms. The van der Waals surface area contributed by atoms with E-state index in [0.29, 0.717) is 19.1 Å². The van der Waals surface area contributed by atoms with E-state index < -0.39 is 0 Å². The summed E-state index contributed by atoms with van der Waals surface area (Å²) in [5.74, 6) is 0.0794. The number of hydrogen-bond acceptors (Lipinski definition) is 4. The van der Waals surface area contributed by atoms with Gasteiger partial charge in [0.25, 0.3) is 0 Å². The summed E-state index contributed by atoms with van der Waals surface area (Å²) in [6, 6.07) is 4.10. The Morgan fingerprint density at radius 3 is 2.74 bits per heavy atom. The van der Waals surface area contributed by atoms with E-state index in [9.17, 15) is 4.79 Å². The molecule has 1 aromatic rings. The largest absolute Gasteiger partial charge is 0.352 e. The fourth-order valence-corrected chi connectivity index (χ4v) is 2.43. The van der Waals surface area contributed by atoms with E-state index in [0.717, 1.165) is 18.5 Å². The van der Waals surface area contributed by atoms with Crippen molar-refractivity contribution in [3.63, 3.8) is 0 Å². The zero-order valence-corrected chi connectivity index (χ0v) is 11.3. The predicted molar refractivity (Wildman–Crippen MR) is 73.4 cm³/mol. The lowest BCUT2D eigenvalue weighted by Gasteiger charge is -2.16. The van der Waals surface area contributed by atoms with Crippen LogP contribution in [0, 0.1) is 0 Å². The molecule has 0 radical (unpaired) electrons. The highest BCUT2D eigenvalue weighted by molar-refractivity contribution is 5.78. The van der Waals surface area contributed by atoms with Gasteiger partial charge in [-0.05, 0) is 25.0 Å². The number of nitrogens with zero attached hydrogens (tertiary/aromatic N) is 2. The van der Waals surface area contributed by atoms with Gasteiger partial charge in [0.05, 0.1) is 12.2 Å². The highest BCUT2D eigenvalue weighted by atomic mass is 16.1. The first-order valence-corrected chi connectivity index (χ1v) is 7.11. The summed E-state index contributed by atoms with van der Waals surface area (Å²) < 4.78 is 0. The molecule has 1 aliphatic carbocycles. The number of carbonyl (C=O) groups excluding carboxylic acids is 1. The normalized spacial score (nSPS) is 16.8. The standard InChI is InChI=1S/C14H22N4O/c19-14(17-12-6-3-1-2-4-7-12)11-15-10-13-8-5-9-16-18-13/h5,8-9,12,15H,1-4,6-7,10-11H2,(H,17,19). The van der Waals surface area contributed by atoms with Crippen molar-refractivity contribution in [1.82, 2.24) is 20.8 Å². The molecular weight excluding hydrogens is 240 g/mol. The van der Waals surface area contributed by atoms with Crippen molar-refractivity contribution in [2.24, 2.45) is 0 Å². The van der Waals surface area contributed by atoms with Crippen LogP contribution in [0.3, 0.4) is 0 Å². The topological polar surface area (TPSA) is 66.9 Å². The van der Waals surface area contributed by atoms with Crippen LogP contribution in [-0.2, 0) is 11.3 Å². The fraction of sp³-hybridized carbons (Fsp3) is 0.643. The van der Waals surface area contributed by atoms with E-state index in [4.69, 9.17) is 0 Å². The lowest BCUT2D eigenvalue weighted by atomic mass is 10.1. The first kappa shape index (κ1) is 13.9. The molecule has 1 heterocycles. The van der Waals surface area contributed by atoms with Gasteiger partial charge in [-0.3, -0.25) is 4.79 Å². The molecule has 0 aliphatic heterocycles. The molecule has 0 aromatic carbocycles. The van der Waals surface area contributed by atoms with Crippen LogP contribution in [-0.4, -0.2) is 28.7 Å². The molecule has 19 heavy (non-hydrogen) atoms. The second-order valence-corrected chi connectivity index (χ2v) is 5.07. The Kier molecular flexibility index (Phi) is 5.75. The number of carbonyl (C=O) groups is 1. The van der Waals surface area contributed by atoms with Crippen LogP contribution in [0.4, 0.5) is 0 Å².